The fraction of sp³-hybridized carbons (Fsp3) is 0.281. The molecule has 0 aliphatic carbocycles. The molecule has 5 rings (SSSR count). The lowest BCUT2D eigenvalue weighted by Crippen LogP contribution is -2.31. The Hall–Kier alpha value is -4.81. The smallest absolute Gasteiger partial charge is 0.323 e. The van der Waals surface area contributed by atoms with Gasteiger partial charge in [0.1, 0.15) is 23.0 Å². The molecule has 1 aromatic heterocycles. The van der Waals surface area contributed by atoms with E-state index < -0.39 is 0 Å². The number of urea groups is 1. The molecule has 1 saturated heterocycles. The normalized spacial score (nSPS) is 13.3. The third kappa shape index (κ3) is 7.44. The van der Waals surface area contributed by atoms with Crippen molar-refractivity contribution in [3.05, 3.63) is 84.3 Å². The monoisotopic (exact) mass is 551 g/mol. The van der Waals surface area contributed by atoms with Crippen molar-refractivity contribution in [1.29, 1.82) is 0 Å². The van der Waals surface area contributed by atoms with Gasteiger partial charge in [-0.2, -0.15) is 0 Å². The minimum Gasteiger partial charge on any atom is -0.504 e. The Morgan fingerprint density at radius 3 is 2.27 bits per heavy atom. The number of nitrogens with zero attached hydrogens (tertiary/aromatic N) is 3. The first kappa shape index (κ1) is 27.7. The summed E-state index contributed by atoms with van der Waals surface area (Å²) in [5, 5.41) is 6.31. The molecule has 2 heterocycles. The van der Waals surface area contributed by atoms with Crippen LogP contribution in [0.25, 0.3) is 15.7 Å². The molecular weight excluding hydrogens is 518 g/mol. The van der Waals surface area contributed by atoms with Crippen molar-refractivity contribution >= 4 is 34.0 Å². The Balaban J connectivity index is 1.20. The molecule has 0 unspecified atom stereocenters. The van der Waals surface area contributed by atoms with Crippen LogP contribution >= 0.6 is 0 Å². The summed E-state index contributed by atoms with van der Waals surface area (Å²) in [4.78, 5) is 23.0. The summed E-state index contributed by atoms with van der Waals surface area (Å²) in [5.74, 6) is 2.42. The number of carbonyl (C=O) groups excluding carboxylic acids is 1. The van der Waals surface area contributed by atoms with Gasteiger partial charge in [0.25, 0.3) is 0 Å². The first-order valence-corrected chi connectivity index (χ1v) is 13.8. The Kier molecular flexibility index (Phi) is 9.14. The predicted octanol–water partition coefficient (Wildman–Crippen LogP) is 7.49. The van der Waals surface area contributed by atoms with Crippen molar-refractivity contribution in [2.45, 2.75) is 25.7 Å². The zero-order valence-corrected chi connectivity index (χ0v) is 23.1. The molecular formula is C32H33N5O4. The van der Waals surface area contributed by atoms with Gasteiger partial charge in [-0.05, 0) is 99.1 Å². The molecule has 41 heavy (non-hydrogen) atoms. The van der Waals surface area contributed by atoms with Crippen LogP contribution in [0.2, 0.25) is 0 Å². The van der Waals surface area contributed by atoms with Gasteiger partial charge in [-0.1, -0.05) is 6.42 Å². The summed E-state index contributed by atoms with van der Waals surface area (Å²) >= 11 is 0. The lowest BCUT2D eigenvalue weighted by Gasteiger charge is -2.26. The molecule has 0 spiro atoms. The molecule has 2 amide bonds. The Morgan fingerprint density at radius 2 is 1.61 bits per heavy atom. The van der Waals surface area contributed by atoms with Crippen LogP contribution in [0.5, 0.6) is 23.0 Å². The van der Waals surface area contributed by atoms with E-state index in [9.17, 15) is 4.79 Å². The highest BCUT2D eigenvalue weighted by atomic mass is 16.5. The van der Waals surface area contributed by atoms with Crippen LogP contribution in [-0.2, 0) is 0 Å². The van der Waals surface area contributed by atoms with Crippen molar-refractivity contribution < 1.29 is 19.0 Å². The van der Waals surface area contributed by atoms with E-state index in [-0.39, 0.29) is 6.03 Å². The quantitative estimate of drug-likeness (QED) is 0.157. The molecule has 210 valence electrons. The number of hydrogen-bond donors (Lipinski definition) is 2. The molecule has 0 saturated carbocycles. The van der Waals surface area contributed by atoms with E-state index in [2.05, 4.69) is 25.4 Å². The third-order valence-corrected chi connectivity index (χ3v) is 6.92. The number of carbonyl (C=O) groups is 1. The van der Waals surface area contributed by atoms with E-state index in [1.54, 1.807) is 74.0 Å². The average molecular weight is 552 g/mol. The molecule has 1 aliphatic rings. The maximum absolute atomic E-state index is 12.4. The second-order valence-electron chi connectivity index (χ2n) is 9.80. The van der Waals surface area contributed by atoms with Gasteiger partial charge in [0.15, 0.2) is 0 Å². The molecule has 0 radical (unpaired) electrons. The van der Waals surface area contributed by atoms with E-state index in [1.807, 2.05) is 6.07 Å². The molecule has 1 aliphatic heterocycles. The van der Waals surface area contributed by atoms with Crippen molar-refractivity contribution in [2.24, 2.45) is 0 Å². The molecule has 9 heteroatoms. The predicted molar refractivity (Wildman–Crippen MR) is 161 cm³/mol. The van der Waals surface area contributed by atoms with Crippen LogP contribution in [0.4, 0.5) is 21.9 Å². The van der Waals surface area contributed by atoms with Gasteiger partial charge >= 0.3 is 6.03 Å². The number of amides is 2. The average Bonchev–Trinajstić information content (AvgIpc) is 3.01. The van der Waals surface area contributed by atoms with Gasteiger partial charge < -0.3 is 29.7 Å². The molecule has 2 N–H and O–H groups in total. The molecule has 1 fully saturated rings. The van der Waals surface area contributed by atoms with Crippen LogP contribution in [-0.4, -0.2) is 49.3 Å². The Bertz CT molecular complexity index is 1510. The van der Waals surface area contributed by atoms with E-state index in [4.69, 9.17) is 20.8 Å². The van der Waals surface area contributed by atoms with Gasteiger partial charge in [-0.15, -0.1) is 0 Å². The highest BCUT2D eigenvalue weighted by Crippen LogP contribution is 2.37. The number of likely N-dealkylation sites (tertiary alicyclic amines) is 1. The second kappa shape index (κ2) is 13.5. The SMILES string of the molecule is [C-]#[N+]c1cc2c(Oc3ccc(NC(=O)Nc4ccc(OC)cc4)cc3)ccnc2cc1OCCCN1CCCCC1. The fourth-order valence-corrected chi connectivity index (χ4v) is 4.78. The fourth-order valence-electron chi connectivity index (χ4n) is 4.78. The lowest BCUT2D eigenvalue weighted by molar-refractivity contribution is 0.205. The van der Waals surface area contributed by atoms with Crippen molar-refractivity contribution in [3.63, 3.8) is 0 Å². The van der Waals surface area contributed by atoms with Crippen LogP contribution in [0.3, 0.4) is 0 Å². The van der Waals surface area contributed by atoms with Crippen molar-refractivity contribution in [2.75, 3.05) is 44.0 Å². The number of methoxy groups -OCH3 is 1. The number of nitrogens with one attached hydrogen (secondary N) is 2. The minimum atomic E-state index is -0.361. The van der Waals surface area contributed by atoms with Gasteiger partial charge in [0.05, 0.1) is 25.8 Å². The zero-order valence-electron chi connectivity index (χ0n) is 23.1. The summed E-state index contributed by atoms with van der Waals surface area (Å²) in [6, 6.07) is 19.1. The highest BCUT2D eigenvalue weighted by Gasteiger charge is 2.13. The molecule has 4 aromatic rings. The van der Waals surface area contributed by atoms with Crippen molar-refractivity contribution in [1.82, 2.24) is 9.88 Å². The van der Waals surface area contributed by atoms with Crippen LogP contribution < -0.4 is 24.8 Å². The first-order valence-electron chi connectivity index (χ1n) is 13.8. The molecule has 0 bridgehead atoms. The number of pyridine rings is 1. The van der Waals surface area contributed by atoms with E-state index in [0.717, 1.165) is 31.4 Å². The van der Waals surface area contributed by atoms with Crippen LogP contribution in [0, 0.1) is 6.57 Å². The van der Waals surface area contributed by atoms with E-state index >= 15 is 0 Å². The summed E-state index contributed by atoms with van der Waals surface area (Å²) in [7, 11) is 1.59. The zero-order chi connectivity index (χ0) is 28.4. The Morgan fingerprint density at radius 1 is 0.927 bits per heavy atom. The lowest BCUT2D eigenvalue weighted by atomic mass is 10.1. The number of fused-ring (bicyclic) bond motifs is 1. The van der Waals surface area contributed by atoms with Gasteiger partial charge in [0, 0.05) is 29.5 Å². The largest absolute Gasteiger partial charge is 0.504 e. The summed E-state index contributed by atoms with van der Waals surface area (Å²) in [5.41, 5.74) is 2.38. The van der Waals surface area contributed by atoms with E-state index in [0.29, 0.717) is 52.2 Å². The maximum Gasteiger partial charge on any atom is 0.323 e. The van der Waals surface area contributed by atoms with Crippen molar-refractivity contribution in [3.8, 4) is 23.0 Å². The molecule has 0 atom stereocenters. The Labute approximate surface area is 239 Å². The summed E-state index contributed by atoms with van der Waals surface area (Å²) in [6.07, 6.45) is 6.46. The van der Waals surface area contributed by atoms with E-state index in [1.165, 1.54) is 19.3 Å². The number of benzene rings is 3. The number of rotatable bonds is 10. The number of piperidine rings is 1. The number of anilines is 2. The number of ether oxygens (including phenoxy) is 3. The van der Waals surface area contributed by atoms with Crippen LogP contribution in [0.15, 0.2) is 72.9 Å². The molecule has 9 nitrogen and oxygen atoms in total. The second-order valence-corrected chi connectivity index (χ2v) is 9.80. The van der Waals surface area contributed by atoms with Gasteiger partial charge in [-0.25, -0.2) is 9.64 Å². The highest BCUT2D eigenvalue weighted by molar-refractivity contribution is 5.99. The van der Waals surface area contributed by atoms with Crippen LogP contribution in [0.1, 0.15) is 25.7 Å². The van der Waals surface area contributed by atoms with Gasteiger partial charge in [-0.3, -0.25) is 4.98 Å². The number of aromatic nitrogens is 1. The minimum absolute atomic E-state index is 0.361. The standard InChI is InChI=1S/C32H33N5O4/c1-33-29-21-27-28(22-31(29)40-20-6-19-37-17-4-3-5-18-37)34-16-15-30(27)41-26-13-9-24(10-14-26)36-32(38)35-23-7-11-25(39-2)12-8-23/h7-16,21-22H,3-6,17-20H2,2H3,(H2,35,36,38). The first-order chi connectivity index (χ1) is 20.1. The summed E-state index contributed by atoms with van der Waals surface area (Å²) < 4.78 is 17.3. The third-order valence-electron chi connectivity index (χ3n) is 6.92. The number of hydrogen-bond acceptors (Lipinski definition) is 6. The van der Waals surface area contributed by atoms with Gasteiger partial charge in [0.2, 0.25) is 5.69 Å². The molecule has 3 aromatic carbocycles. The topological polar surface area (TPSA) is 89.3 Å². The summed E-state index contributed by atoms with van der Waals surface area (Å²) in [6.45, 7) is 11.6. The maximum atomic E-state index is 12.4.